The van der Waals surface area contributed by atoms with Crippen molar-refractivity contribution in [1.29, 1.82) is 0 Å². The summed E-state index contributed by atoms with van der Waals surface area (Å²) in [5.74, 6) is 1.21. The summed E-state index contributed by atoms with van der Waals surface area (Å²) in [6.45, 7) is 1.04. The van der Waals surface area contributed by atoms with E-state index in [-0.39, 0.29) is 5.75 Å². The highest BCUT2D eigenvalue weighted by Gasteiger charge is 2.10. The number of nitrogens with zero attached hydrogens (tertiary/aromatic N) is 4. The van der Waals surface area contributed by atoms with Crippen LogP contribution in [0.2, 0.25) is 0 Å². The van der Waals surface area contributed by atoms with Gasteiger partial charge in [0.2, 0.25) is 0 Å². The van der Waals surface area contributed by atoms with Crippen molar-refractivity contribution in [3.8, 4) is 34.3 Å². The predicted molar refractivity (Wildman–Crippen MR) is 108 cm³/mol. The van der Waals surface area contributed by atoms with Gasteiger partial charge in [-0.05, 0) is 36.4 Å². The Morgan fingerprint density at radius 1 is 0.966 bits per heavy atom. The van der Waals surface area contributed by atoms with E-state index in [1.165, 1.54) is 7.11 Å². The molecule has 148 valence electrons. The van der Waals surface area contributed by atoms with E-state index in [4.69, 9.17) is 14.2 Å². The molecule has 0 fully saturated rings. The summed E-state index contributed by atoms with van der Waals surface area (Å²) in [6.07, 6.45) is 1.78. The van der Waals surface area contributed by atoms with E-state index in [1.54, 1.807) is 36.2 Å². The number of aromatic hydroxyl groups is 1. The molecule has 4 rings (SSSR count). The second kappa shape index (κ2) is 8.15. The average molecular weight is 392 g/mol. The Hall–Kier alpha value is -3.65. The minimum absolute atomic E-state index is 0.0679. The van der Waals surface area contributed by atoms with Crippen molar-refractivity contribution in [2.24, 2.45) is 0 Å². The Morgan fingerprint density at radius 3 is 2.69 bits per heavy atom. The molecule has 0 saturated carbocycles. The van der Waals surface area contributed by atoms with E-state index in [0.29, 0.717) is 30.4 Å². The lowest BCUT2D eigenvalue weighted by molar-refractivity contribution is 0.146. The molecule has 0 aliphatic heterocycles. The number of aromatic nitrogens is 4. The van der Waals surface area contributed by atoms with E-state index < -0.39 is 0 Å². The molecule has 2 aromatic heterocycles. The summed E-state index contributed by atoms with van der Waals surface area (Å²) < 4.78 is 17.4. The summed E-state index contributed by atoms with van der Waals surface area (Å²) in [5.41, 5.74) is 2.90. The average Bonchev–Trinajstić information content (AvgIpc) is 3.24. The van der Waals surface area contributed by atoms with Crippen LogP contribution in [0.25, 0.3) is 28.0 Å². The highest BCUT2D eigenvalue weighted by molar-refractivity contribution is 5.82. The molecule has 0 spiro atoms. The van der Waals surface area contributed by atoms with Gasteiger partial charge >= 0.3 is 0 Å². The first-order valence-electron chi connectivity index (χ1n) is 9.00. The molecule has 2 aromatic carbocycles. The van der Waals surface area contributed by atoms with E-state index in [1.807, 2.05) is 30.3 Å². The van der Waals surface area contributed by atoms with Crippen LogP contribution in [0.3, 0.4) is 0 Å². The Morgan fingerprint density at radius 2 is 1.86 bits per heavy atom. The number of phenolic OH excluding ortho intramolecular Hbond substituents is 1. The number of phenols is 1. The normalized spacial score (nSPS) is 11.0. The molecule has 4 aromatic rings. The number of fused-ring (bicyclic) bond motifs is 1. The first-order chi connectivity index (χ1) is 14.2. The fourth-order valence-electron chi connectivity index (χ4n) is 2.90. The maximum Gasteiger partial charge on any atom is 0.162 e. The van der Waals surface area contributed by atoms with Gasteiger partial charge in [0.05, 0.1) is 36.8 Å². The maximum atomic E-state index is 9.75. The zero-order chi connectivity index (χ0) is 20.2. The van der Waals surface area contributed by atoms with Crippen LogP contribution in [0.5, 0.6) is 17.2 Å². The van der Waals surface area contributed by atoms with Crippen LogP contribution in [0.15, 0.2) is 54.7 Å². The summed E-state index contributed by atoms with van der Waals surface area (Å²) in [4.78, 5) is 4.68. The molecule has 0 unspecified atom stereocenters. The van der Waals surface area contributed by atoms with Gasteiger partial charge in [0.15, 0.2) is 11.5 Å². The monoisotopic (exact) mass is 392 g/mol. The molecular formula is C21H20N4O4. The number of ether oxygens (including phenoxy) is 3. The van der Waals surface area contributed by atoms with Crippen molar-refractivity contribution in [3.05, 3.63) is 54.7 Å². The molecule has 0 radical (unpaired) electrons. The van der Waals surface area contributed by atoms with Crippen molar-refractivity contribution in [2.75, 3.05) is 27.4 Å². The van der Waals surface area contributed by atoms with Crippen molar-refractivity contribution in [3.63, 3.8) is 0 Å². The number of rotatable bonds is 7. The highest BCUT2D eigenvalue weighted by atomic mass is 16.5. The van der Waals surface area contributed by atoms with E-state index in [2.05, 4.69) is 15.3 Å². The van der Waals surface area contributed by atoms with E-state index >= 15 is 0 Å². The largest absolute Gasteiger partial charge is 0.504 e. The number of benzene rings is 2. The minimum Gasteiger partial charge on any atom is -0.504 e. The van der Waals surface area contributed by atoms with Crippen molar-refractivity contribution in [1.82, 2.24) is 20.0 Å². The van der Waals surface area contributed by atoms with Gasteiger partial charge < -0.3 is 19.3 Å². The molecule has 2 heterocycles. The third-order valence-electron chi connectivity index (χ3n) is 4.40. The van der Waals surface area contributed by atoms with Gasteiger partial charge in [-0.15, -0.1) is 5.10 Å². The van der Waals surface area contributed by atoms with Crippen LogP contribution in [0.1, 0.15) is 0 Å². The lowest BCUT2D eigenvalue weighted by Gasteiger charge is -2.07. The molecule has 0 amide bonds. The fraction of sp³-hybridized carbons (Fsp3) is 0.190. The number of methoxy groups -OCH3 is 2. The van der Waals surface area contributed by atoms with Crippen LogP contribution < -0.4 is 9.47 Å². The SMILES string of the molecule is COCCOc1ccc2nc(-c3cn(-c4ccc(O)c(OC)c4)nn3)ccc2c1. The summed E-state index contributed by atoms with van der Waals surface area (Å²) >= 11 is 0. The molecule has 0 aliphatic carbocycles. The van der Waals surface area contributed by atoms with Crippen molar-refractivity contribution >= 4 is 10.9 Å². The molecule has 0 bridgehead atoms. The van der Waals surface area contributed by atoms with Gasteiger partial charge in [-0.1, -0.05) is 11.3 Å². The number of hydrogen-bond donors (Lipinski definition) is 1. The van der Waals surface area contributed by atoms with Gasteiger partial charge in [0.1, 0.15) is 18.1 Å². The smallest absolute Gasteiger partial charge is 0.162 e. The molecule has 0 atom stereocenters. The van der Waals surface area contributed by atoms with E-state index in [9.17, 15) is 5.11 Å². The molecule has 8 nitrogen and oxygen atoms in total. The predicted octanol–water partition coefficient (Wildman–Crippen LogP) is 3.22. The third kappa shape index (κ3) is 3.97. The van der Waals surface area contributed by atoms with E-state index in [0.717, 1.165) is 22.3 Å². The van der Waals surface area contributed by atoms with Gasteiger partial charge in [0, 0.05) is 18.6 Å². The Bertz CT molecular complexity index is 1140. The zero-order valence-electron chi connectivity index (χ0n) is 16.1. The van der Waals surface area contributed by atoms with Crippen molar-refractivity contribution in [2.45, 2.75) is 0 Å². The number of pyridine rings is 1. The van der Waals surface area contributed by atoms with Gasteiger partial charge in [0.25, 0.3) is 0 Å². The molecule has 8 heteroatoms. The second-order valence-corrected chi connectivity index (χ2v) is 6.30. The van der Waals surface area contributed by atoms with Crippen LogP contribution in [-0.2, 0) is 4.74 Å². The molecule has 0 saturated heterocycles. The lowest BCUT2D eigenvalue weighted by Crippen LogP contribution is -2.04. The lowest BCUT2D eigenvalue weighted by atomic mass is 10.2. The maximum absolute atomic E-state index is 9.75. The van der Waals surface area contributed by atoms with Crippen LogP contribution >= 0.6 is 0 Å². The van der Waals surface area contributed by atoms with Gasteiger partial charge in [-0.25, -0.2) is 9.67 Å². The zero-order valence-corrected chi connectivity index (χ0v) is 16.1. The van der Waals surface area contributed by atoms with Gasteiger partial charge in [-0.2, -0.15) is 0 Å². The van der Waals surface area contributed by atoms with Crippen LogP contribution in [0.4, 0.5) is 0 Å². The molecule has 29 heavy (non-hydrogen) atoms. The van der Waals surface area contributed by atoms with Crippen LogP contribution in [-0.4, -0.2) is 52.5 Å². The highest BCUT2D eigenvalue weighted by Crippen LogP contribution is 2.28. The molecule has 0 aliphatic rings. The quantitative estimate of drug-likeness (QED) is 0.483. The van der Waals surface area contributed by atoms with Crippen molar-refractivity contribution < 1.29 is 19.3 Å². The Balaban J connectivity index is 1.59. The molecular weight excluding hydrogens is 372 g/mol. The standard InChI is InChI=1S/C21H20N4O4/c1-27-9-10-29-16-5-7-17-14(11-16)3-6-18(22-17)19-13-25(24-23-19)15-4-8-20(26)21(12-15)28-2/h3-8,11-13,26H,9-10H2,1-2H3. The van der Waals surface area contributed by atoms with Crippen LogP contribution in [0, 0.1) is 0 Å². The topological polar surface area (TPSA) is 91.5 Å². The minimum atomic E-state index is 0.0679. The number of hydrogen-bond acceptors (Lipinski definition) is 7. The third-order valence-corrected chi connectivity index (χ3v) is 4.40. The summed E-state index contributed by atoms with van der Waals surface area (Å²) in [7, 11) is 3.14. The Kier molecular flexibility index (Phi) is 5.26. The second-order valence-electron chi connectivity index (χ2n) is 6.30. The first-order valence-corrected chi connectivity index (χ1v) is 9.00. The Labute approximate surface area is 167 Å². The van der Waals surface area contributed by atoms with Gasteiger partial charge in [-0.3, -0.25) is 0 Å². The summed E-state index contributed by atoms with van der Waals surface area (Å²) in [5, 5.41) is 19.1. The fourth-order valence-corrected chi connectivity index (χ4v) is 2.90. The summed E-state index contributed by atoms with van der Waals surface area (Å²) in [6, 6.07) is 14.6. The molecule has 1 N–H and O–H groups in total. The first kappa shape index (κ1) is 18.7.